The number of amides is 2. The standard InChI is InChI=1S/C19H17F2N5O2S/c1-2-11-5-3-4-6-16(11)26-10-23-25-19(26)29-9-17(27)24-15-7-12(18(22)28)13(20)8-14(15)21/h3-8,10H,2,9H2,1H3,(H2,22,28)(H,24,27). The van der Waals surface area contributed by atoms with E-state index >= 15 is 0 Å². The number of carbonyl (C=O) groups is 2. The van der Waals surface area contributed by atoms with Crippen molar-refractivity contribution in [2.45, 2.75) is 18.5 Å². The third-order valence-corrected chi connectivity index (χ3v) is 5.02. The number of halogens is 2. The zero-order chi connectivity index (χ0) is 21.0. The van der Waals surface area contributed by atoms with Crippen LogP contribution in [0.4, 0.5) is 14.5 Å². The highest BCUT2D eigenvalue weighted by Gasteiger charge is 2.17. The topological polar surface area (TPSA) is 103 Å². The van der Waals surface area contributed by atoms with Gasteiger partial charge in [-0.1, -0.05) is 36.9 Å². The highest BCUT2D eigenvalue weighted by molar-refractivity contribution is 7.99. The summed E-state index contributed by atoms with van der Waals surface area (Å²) in [6, 6.07) is 9.11. The van der Waals surface area contributed by atoms with E-state index in [1.54, 1.807) is 10.9 Å². The van der Waals surface area contributed by atoms with Crippen LogP contribution in [-0.2, 0) is 11.2 Å². The summed E-state index contributed by atoms with van der Waals surface area (Å²) >= 11 is 1.10. The molecule has 2 amide bonds. The van der Waals surface area contributed by atoms with Crippen LogP contribution in [0.1, 0.15) is 22.8 Å². The van der Waals surface area contributed by atoms with Gasteiger partial charge in [-0.2, -0.15) is 0 Å². The van der Waals surface area contributed by atoms with E-state index in [0.717, 1.165) is 35.5 Å². The Balaban J connectivity index is 1.73. The number of thioether (sulfide) groups is 1. The molecule has 3 N–H and O–H groups in total. The number of nitrogens with zero attached hydrogens (tertiary/aromatic N) is 3. The fourth-order valence-electron chi connectivity index (χ4n) is 2.68. The number of nitrogens with two attached hydrogens (primary N) is 1. The Labute approximate surface area is 169 Å². The summed E-state index contributed by atoms with van der Waals surface area (Å²) < 4.78 is 29.2. The summed E-state index contributed by atoms with van der Waals surface area (Å²) in [7, 11) is 0. The fourth-order valence-corrected chi connectivity index (χ4v) is 3.40. The summed E-state index contributed by atoms with van der Waals surface area (Å²) in [5, 5.41) is 10.7. The van der Waals surface area contributed by atoms with Crippen LogP contribution in [0, 0.1) is 11.6 Å². The summed E-state index contributed by atoms with van der Waals surface area (Å²) in [5.74, 6) is -3.82. The van der Waals surface area contributed by atoms with E-state index in [0.29, 0.717) is 11.2 Å². The Morgan fingerprint density at radius 3 is 2.69 bits per heavy atom. The molecule has 0 fully saturated rings. The fraction of sp³-hybridized carbons (Fsp3) is 0.158. The van der Waals surface area contributed by atoms with Crippen molar-refractivity contribution in [1.29, 1.82) is 0 Å². The zero-order valence-electron chi connectivity index (χ0n) is 15.4. The van der Waals surface area contributed by atoms with E-state index in [9.17, 15) is 18.4 Å². The molecule has 0 unspecified atom stereocenters. The molecule has 0 atom stereocenters. The first-order valence-corrected chi connectivity index (χ1v) is 9.59. The Kier molecular flexibility index (Phi) is 6.23. The van der Waals surface area contributed by atoms with Gasteiger partial charge in [0.1, 0.15) is 18.0 Å². The van der Waals surface area contributed by atoms with Gasteiger partial charge in [0.25, 0.3) is 5.91 Å². The van der Waals surface area contributed by atoms with Gasteiger partial charge in [-0.3, -0.25) is 14.2 Å². The SMILES string of the molecule is CCc1ccccc1-n1cnnc1SCC(=O)Nc1cc(C(N)=O)c(F)cc1F. The molecule has 10 heteroatoms. The largest absolute Gasteiger partial charge is 0.366 e. The molecule has 0 aliphatic carbocycles. The van der Waals surface area contributed by atoms with Gasteiger partial charge in [-0.05, 0) is 24.1 Å². The average molecular weight is 417 g/mol. The van der Waals surface area contributed by atoms with Crippen LogP contribution >= 0.6 is 11.8 Å². The minimum Gasteiger partial charge on any atom is -0.366 e. The smallest absolute Gasteiger partial charge is 0.251 e. The summed E-state index contributed by atoms with van der Waals surface area (Å²) in [6.07, 6.45) is 2.36. The lowest BCUT2D eigenvalue weighted by Crippen LogP contribution is -2.18. The molecule has 0 radical (unpaired) electrons. The van der Waals surface area contributed by atoms with Crippen molar-refractivity contribution >= 4 is 29.3 Å². The molecule has 7 nitrogen and oxygen atoms in total. The van der Waals surface area contributed by atoms with Crippen LogP contribution in [0.25, 0.3) is 5.69 Å². The summed E-state index contributed by atoms with van der Waals surface area (Å²) in [6.45, 7) is 2.03. The monoisotopic (exact) mass is 417 g/mol. The number of hydrogen-bond donors (Lipinski definition) is 2. The number of rotatable bonds is 7. The Morgan fingerprint density at radius 1 is 1.21 bits per heavy atom. The van der Waals surface area contributed by atoms with Gasteiger partial charge in [0.05, 0.1) is 22.7 Å². The zero-order valence-corrected chi connectivity index (χ0v) is 16.2. The van der Waals surface area contributed by atoms with Crippen molar-refractivity contribution in [1.82, 2.24) is 14.8 Å². The van der Waals surface area contributed by atoms with Crippen LogP contribution in [0.2, 0.25) is 0 Å². The lowest BCUT2D eigenvalue weighted by atomic mass is 10.1. The molecule has 0 spiro atoms. The minimum absolute atomic E-state index is 0.101. The molecule has 1 heterocycles. The maximum absolute atomic E-state index is 13.9. The Hall–Kier alpha value is -3.27. The summed E-state index contributed by atoms with van der Waals surface area (Å²) in [4.78, 5) is 23.4. The number of para-hydroxylation sites is 1. The molecule has 1 aromatic heterocycles. The third kappa shape index (κ3) is 4.60. The van der Waals surface area contributed by atoms with Crippen molar-refractivity contribution in [3.63, 3.8) is 0 Å². The van der Waals surface area contributed by atoms with Gasteiger partial charge < -0.3 is 11.1 Å². The molecule has 3 aromatic rings. The number of nitrogens with one attached hydrogen (secondary N) is 1. The molecular formula is C19H17F2N5O2S. The van der Waals surface area contributed by atoms with Crippen molar-refractivity contribution in [2.75, 3.05) is 11.1 Å². The molecular weight excluding hydrogens is 400 g/mol. The number of carbonyl (C=O) groups excluding carboxylic acids is 2. The first kappa shape index (κ1) is 20.5. The van der Waals surface area contributed by atoms with E-state index < -0.39 is 29.0 Å². The number of aryl methyl sites for hydroxylation is 1. The number of benzene rings is 2. The Bertz CT molecular complexity index is 1070. The maximum atomic E-state index is 13.9. The lowest BCUT2D eigenvalue weighted by molar-refractivity contribution is -0.113. The van der Waals surface area contributed by atoms with Gasteiger partial charge in [0.15, 0.2) is 5.16 Å². The van der Waals surface area contributed by atoms with Crippen LogP contribution in [-0.4, -0.2) is 32.3 Å². The van der Waals surface area contributed by atoms with Gasteiger partial charge in [-0.25, -0.2) is 8.78 Å². The highest BCUT2D eigenvalue weighted by atomic mass is 32.2. The predicted molar refractivity (Wildman–Crippen MR) is 105 cm³/mol. The number of anilines is 1. The van der Waals surface area contributed by atoms with E-state index in [4.69, 9.17) is 5.73 Å². The van der Waals surface area contributed by atoms with Crippen molar-refractivity contribution in [3.05, 3.63) is 65.5 Å². The maximum Gasteiger partial charge on any atom is 0.251 e. The molecule has 29 heavy (non-hydrogen) atoms. The minimum atomic E-state index is -1.09. The van der Waals surface area contributed by atoms with E-state index in [2.05, 4.69) is 15.5 Å². The predicted octanol–water partition coefficient (Wildman–Crippen LogP) is 2.94. The second-order valence-electron chi connectivity index (χ2n) is 5.98. The van der Waals surface area contributed by atoms with Gasteiger partial charge in [-0.15, -0.1) is 10.2 Å². The number of aromatic nitrogens is 3. The first-order valence-electron chi connectivity index (χ1n) is 8.60. The van der Waals surface area contributed by atoms with Crippen LogP contribution < -0.4 is 11.1 Å². The second kappa shape index (κ2) is 8.82. The third-order valence-electron chi connectivity index (χ3n) is 4.08. The van der Waals surface area contributed by atoms with Crippen molar-refractivity contribution in [3.8, 4) is 5.69 Å². The molecule has 0 saturated heterocycles. The van der Waals surface area contributed by atoms with Crippen LogP contribution in [0.3, 0.4) is 0 Å². The molecule has 3 rings (SSSR count). The molecule has 150 valence electrons. The molecule has 2 aromatic carbocycles. The van der Waals surface area contributed by atoms with Crippen LogP contribution in [0.15, 0.2) is 47.9 Å². The van der Waals surface area contributed by atoms with Gasteiger partial charge in [0.2, 0.25) is 5.91 Å². The second-order valence-corrected chi connectivity index (χ2v) is 6.92. The van der Waals surface area contributed by atoms with Gasteiger partial charge >= 0.3 is 0 Å². The normalized spacial score (nSPS) is 10.7. The average Bonchev–Trinajstić information content (AvgIpc) is 3.16. The Morgan fingerprint density at radius 2 is 1.97 bits per heavy atom. The first-order chi connectivity index (χ1) is 13.9. The number of primary amides is 1. The highest BCUT2D eigenvalue weighted by Crippen LogP contribution is 2.24. The van der Waals surface area contributed by atoms with Crippen LogP contribution in [0.5, 0.6) is 0 Å². The molecule has 0 saturated carbocycles. The molecule has 0 aliphatic rings. The van der Waals surface area contributed by atoms with E-state index in [1.165, 1.54) is 0 Å². The number of hydrogen-bond acceptors (Lipinski definition) is 5. The quantitative estimate of drug-likeness (QED) is 0.576. The lowest BCUT2D eigenvalue weighted by Gasteiger charge is -2.11. The molecule has 0 bridgehead atoms. The summed E-state index contributed by atoms with van der Waals surface area (Å²) in [5.41, 5.74) is 6.20. The van der Waals surface area contributed by atoms with Crippen molar-refractivity contribution in [2.24, 2.45) is 5.73 Å². The van der Waals surface area contributed by atoms with Gasteiger partial charge in [0, 0.05) is 6.07 Å². The van der Waals surface area contributed by atoms with Crippen molar-refractivity contribution < 1.29 is 18.4 Å². The molecule has 0 aliphatic heterocycles. The van der Waals surface area contributed by atoms with E-state index in [-0.39, 0.29) is 11.4 Å². The van der Waals surface area contributed by atoms with E-state index in [1.807, 2.05) is 31.2 Å².